The summed E-state index contributed by atoms with van der Waals surface area (Å²) in [5, 5.41) is 4.22. The van der Waals surface area contributed by atoms with Gasteiger partial charge in [-0.1, -0.05) is 12.1 Å². The number of piperidine rings is 1. The highest BCUT2D eigenvalue weighted by atomic mass is 32.2. The summed E-state index contributed by atoms with van der Waals surface area (Å²) >= 11 is 0. The van der Waals surface area contributed by atoms with E-state index in [1.807, 2.05) is 24.1 Å². The lowest BCUT2D eigenvalue weighted by Gasteiger charge is -2.42. The Kier molecular flexibility index (Phi) is 4.50. The van der Waals surface area contributed by atoms with Gasteiger partial charge in [-0.25, -0.2) is 13.1 Å². The molecule has 1 saturated heterocycles. The predicted molar refractivity (Wildman–Crippen MR) is 97.3 cm³/mol. The first-order valence-corrected chi connectivity index (χ1v) is 10.4. The van der Waals surface area contributed by atoms with Gasteiger partial charge in [0.1, 0.15) is 10.6 Å². The smallest absolute Gasteiger partial charge is 0.244 e. The molecule has 8 heteroatoms. The second-order valence-electron chi connectivity index (χ2n) is 7.36. The fourth-order valence-electron chi connectivity index (χ4n) is 3.72. The van der Waals surface area contributed by atoms with Crippen LogP contribution in [0, 0.1) is 5.41 Å². The lowest BCUT2D eigenvalue weighted by Crippen LogP contribution is -2.49. The summed E-state index contributed by atoms with van der Waals surface area (Å²) in [7, 11) is -1.62. The van der Waals surface area contributed by atoms with Crippen LogP contribution in [0.15, 0.2) is 41.6 Å². The van der Waals surface area contributed by atoms with Crippen LogP contribution in [0.25, 0.3) is 0 Å². The minimum atomic E-state index is -3.54. The van der Waals surface area contributed by atoms with Gasteiger partial charge < -0.3 is 4.74 Å². The third-order valence-corrected chi connectivity index (χ3v) is 6.83. The number of sulfonamides is 1. The number of aryl methyl sites for hydroxylation is 1. The number of benzene rings is 1. The topological polar surface area (TPSA) is 76.5 Å². The summed E-state index contributed by atoms with van der Waals surface area (Å²) in [6.45, 7) is 3.67. The van der Waals surface area contributed by atoms with Crippen molar-refractivity contribution in [3.63, 3.8) is 0 Å². The van der Waals surface area contributed by atoms with E-state index < -0.39 is 10.0 Å². The molecule has 0 bridgehead atoms. The first kappa shape index (κ1) is 17.5. The Balaban J connectivity index is 1.46. The number of likely N-dealkylation sites (tertiary alicyclic amines) is 1. The minimum absolute atomic E-state index is 0.161. The second kappa shape index (κ2) is 6.68. The van der Waals surface area contributed by atoms with E-state index in [4.69, 9.17) is 4.74 Å². The number of nitrogens with zero attached hydrogens (tertiary/aromatic N) is 3. The summed E-state index contributed by atoms with van der Waals surface area (Å²) in [5.41, 5.74) is 1.04. The molecular formula is C18H24N4O3S. The molecule has 0 unspecified atom stereocenters. The molecule has 1 spiro atoms. The van der Waals surface area contributed by atoms with Crippen molar-refractivity contribution < 1.29 is 13.2 Å². The van der Waals surface area contributed by atoms with E-state index in [-0.39, 0.29) is 10.3 Å². The van der Waals surface area contributed by atoms with Gasteiger partial charge in [0, 0.05) is 37.3 Å². The van der Waals surface area contributed by atoms with Crippen LogP contribution in [-0.2, 0) is 23.6 Å². The number of para-hydroxylation sites is 1. The fraction of sp³-hybridized carbons (Fsp3) is 0.500. The zero-order valence-electron chi connectivity index (χ0n) is 14.9. The summed E-state index contributed by atoms with van der Waals surface area (Å²) in [6.07, 6.45) is 5.73. The zero-order chi connectivity index (χ0) is 18.2. The first-order valence-electron chi connectivity index (χ1n) is 8.87. The SMILES string of the molecule is Cn1cc(CN2CCC3(CC2)CNS(=O)(=O)c2ccccc2OC3)cn1. The van der Waals surface area contributed by atoms with E-state index in [9.17, 15) is 8.42 Å². The normalized spacial score (nSPS) is 22.2. The Labute approximate surface area is 154 Å². The molecule has 4 rings (SSSR count). The van der Waals surface area contributed by atoms with Gasteiger partial charge in [0.05, 0.1) is 12.8 Å². The van der Waals surface area contributed by atoms with Gasteiger partial charge in [-0.05, 0) is 38.1 Å². The summed E-state index contributed by atoms with van der Waals surface area (Å²) in [4.78, 5) is 2.62. The molecular weight excluding hydrogens is 352 g/mol. The maximum Gasteiger partial charge on any atom is 0.244 e. The average Bonchev–Trinajstić information content (AvgIpc) is 3.04. The molecule has 0 atom stereocenters. The van der Waals surface area contributed by atoms with Crippen LogP contribution in [0.2, 0.25) is 0 Å². The quantitative estimate of drug-likeness (QED) is 0.857. The van der Waals surface area contributed by atoms with Crippen molar-refractivity contribution in [1.29, 1.82) is 0 Å². The molecule has 0 radical (unpaired) electrons. The number of fused-ring (bicyclic) bond motifs is 1. The van der Waals surface area contributed by atoms with Crippen LogP contribution < -0.4 is 9.46 Å². The monoisotopic (exact) mass is 376 g/mol. The highest BCUT2D eigenvalue weighted by Crippen LogP contribution is 2.36. The van der Waals surface area contributed by atoms with E-state index in [2.05, 4.69) is 14.7 Å². The van der Waals surface area contributed by atoms with Crippen LogP contribution in [0.3, 0.4) is 0 Å². The van der Waals surface area contributed by atoms with Gasteiger partial charge in [-0.2, -0.15) is 5.10 Å². The zero-order valence-corrected chi connectivity index (χ0v) is 15.7. The van der Waals surface area contributed by atoms with Crippen molar-refractivity contribution in [1.82, 2.24) is 19.4 Å². The third kappa shape index (κ3) is 3.49. The number of rotatable bonds is 2. The van der Waals surface area contributed by atoms with Crippen LogP contribution in [0.1, 0.15) is 18.4 Å². The minimum Gasteiger partial charge on any atom is -0.492 e. The molecule has 1 fully saturated rings. The molecule has 2 aliphatic rings. The highest BCUT2D eigenvalue weighted by molar-refractivity contribution is 7.89. The lowest BCUT2D eigenvalue weighted by molar-refractivity contribution is 0.0523. The van der Waals surface area contributed by atoms with Crippen LogP contribution >= 0.6 is 0 Å². The molecule has 1 aromatic carbocycles. The van der Waals surface area contributed by atoms with Gasteiger partial charge >= 0.3 is 0 Å². The van der Waals surface area contributed by atoms with Crippen LogP contribution in [-0.4, -0.2) is 49.3 Å². The number of hydrogen-bond donors (Lipinski definition) is 1. The van der Waals surface area contributed by atoms with E-state index >= 15 is 0 Å². The van der Waals surface area contributed by atoms with Crippen molar-refractivity contribution in [2.24, 2.45) is 12.5 Å². The Hall–Kier alpha value is -1.90. The molecule has 0 amide bonds. The van der Waals surface area contributed by atoms with E-state index in [1.165, 1.54) is 5.56 Å². The van der Waals surface area contributed by atoms with Crippen molar-refractivity contribution in [3.8, 4) is 5.75 Å². The van der Waals surface area contributed by atoms with Crippen molar-refractivity contribution in [2.75, 3.05) is 26.2 Å². The number of hydrogen-bond acceptors (Lipinski definition) is 5. The molecule has 1 N–H and O–H groups in total. The lowest BCUT2D eigenvalue weighted by atomic mass is 9.79. The Bertz CT molecular complexity index is 885. The number of ether oxygens (including phenoxy) is 1. The highest BCUT2D eigenvalue weighted by Gasteiger charge is 2.38. The molecule has 140 valence electrons. The molecule has 3 heterocycles. The van der Waals surface area contributed by atoms with E-state index in [0.717, 1.165) is 32.5 Å². The fourth-order valence-corrected chi connectivity index (χ4v) is 5.02. The van der Waals surface area contributed by atoms with Crippen molar-refractivity contribution in [3.05, 3.63) is 42.2 Å². The number of nitrogens with one attached hydrogen (secondary N) is 1. The Morgan fingerprint density at radius 1 is 1.27 bits per heavy atom. The Morgan fingerprint density at radius 2 is 2.04 bits per heavy atom. The molecule has 1 aromatic heterocycles. The summed E-state index contributed by atoms with van der Waals surface area (Å²) in [5.74, 6) is 0.442. The maximum atomic E-state index is 12.6. The third-order valence-electron chi connectivity index (χ3n) is 5.39. The maximum absolute atomic E-state index is 12.6. The second-order valence-corrected chi connectivity index (χ2v) is 9.09. The van der Waals surface area contributed by atoms with Gasteiger partial charge in [0.25, 0.3) is 0 Å². The molecule has 0 saturated carbocycles. The van der Waals surface area contributed by atoms with Gasteiger partial charge in [0.15, 0.2) is 0 Å². The molecule has 7 nitrogen and oxygen atoms in total. The van der Waals surface area contributed by atoms with Crippen LogP contribution in [0.4, 0.5) is 0 Å². The molecule has 0 aliphatic carbocycles. The van der Waals surface area contributed by atoms with E-state index in [1.54, 1.807) is 24.3 Å². The average molecular weight is 376 g/mol. The van der Waals surface area contributed by atoms with Crippen molar-refractivity contribution >= 4 is 10.0 Å². The molecule has 2 aliphatic heterocycles. The molecule has 2 aromatic rings. The number of aromatic nitrogens is 2. The largest absolute Gasteiger partial charge is 0.492 e. The Morgan fingerprint density at radius 3 is 2.77 bits per heavy atom. The summed E-state index contributed by atoms with van der Waals surface area (Å²) in [6, 6.07) is 6.84. The first-order chi connectivity index (χ1) is 12.5. The van der Waals surface area contributed by atoms with E-state index in [0.29, 0.717) is 18.9 Å². The predicted octanol–water partition coefficient (Wildman–Crippen LogP) is 1.37. The standard InChI is InChI=1S/C18H24N4O3S/c1-21-11-15(10-19-21)12-22-8-6-18(7-9-22)13-20-26(23,24)17-5-3-2-4-16(17)25-14-18/h2-5,10-11,20H,6-9,12-14H2,1H3. The van der Waals surface area contributed by atoms with Gasteiger partial charge in [-0.15, -0.1) is 0 Å². The van der Waals surface area contributed by atoms with Gasteiger partial charge in [-0.3, -0.25) is 9.58 Å². The van der Waals surface area contributed by atoms with Gasteiger partial charge in [0.2, 0.25) is 10.0 Å². The van der Waals surface area contributed by atoms with Crippen molar-refractivity contribution in [2.45, 2.75) is 24.3 Å². The summed E-state index contributed by atoms with van der Waals surface area (Å²) < 4.78 is 35.7. The molecule has 26 heavy (non-hydrogen) atoms. The van der Waals surface area contributed by atoms with Crippen LogP contribution in [0.5, 0.6) is 5.75 Å².